The number of nitriles is 1. The van der Waals surface area contributed by atoms with Crippen LogP contribution in [0.15, 0.2) is 11.9 Å². The molecule has 2 aliphatic rings. The molecule has 0 aliphatic heterocycles. The first kappa shape index (κ1) is 20.9. The van der Waals surface area contributed by atoms with Gasteiger partial charge in [-0.2, -0.15) is 9.65 Å². The first-order valence-electron chi connectivity index (χ1n) is 10.6. The van der Waals surface area contributed by atoms with Crippen molar-refractivity contribution in [2.24, 2.45) is 17.8 Å². The van der Waals surface area contributed by atoms with Crippen molar-refractivity contribution in [3.8, 4) is 6.07 Å². The molecule has 0 aromatic carbocycles. The lowest BCUT2D eigenvalue weighted by Crippen LogP contribution is -2.30. The number of hydrogen-bond donors (Lipinski definition) is 0. The Morgan fingerprint density at radius 2 is 1.77 bits per heavy atom. The van der Waals surface area contributed by atoms with E-state index >= 15 is 0 Å². The summed E-state index contributed by atoms with van der Waals surface area (Å²) in [4.78, 5) is 12.4. The van der Waals surface area contributed by atoms with Crippen molar-refractivity contribution in [1.82, 2.24) is 0 Å². The van der Waals surface area contributed by atoms with Crippen LogP contribution < -0.4 is 0 Å². The van der Waals surface area contributed by atoms with Crippen LogP contribution in [0.25, 0.3) is 0 Å². The number of esters is 1. The number of unbranched alkanes of at least 4 members (excludes halogenated alkanes) is 3. The first-order chi connectivity index (χ1) is 12.6. The van der Waals surface area contributed by atoms with Crippen LogP contribution in [0.5, 0.6) is 0 Å². The lowest BCUT2D eigenvalue weighted by molar-refractivity contribution is -0.157. The molecule has 146 valence electrons. The lowest BCUT2D eigenvalue weighted by atomic mass is 9.81. The molecule has 0 radical (unpaired) electrons. The van der Waals surface area contributed by atoms with Gasteiger partial charge in [-0.15, -0.1) is 0 Å². The molecule has 26 heavy (non-hydrogen) atoms. The zero-order valence-corrected chi connectivity index (χ0v) is 16.2. The van der Waals surface area contributed by atoms with Crippen LogP contribution in [0.4, 0.5) is 4.39 Å². The Morgan fingerprint density at radius 1 is 1.08 bits per heavy atom. The Labute approximate surface area is 158 Å². The molecule has 0 heterocycles. The number of carbonyl (C=O) groups excluding carboxylic acids is 1. The van der Waals surface area contributed by atoms with Gasteiger partial charge >= 0.3 is 5.97 Å². The molecule has 0 aromatic rings. The average Bonchev–Trinajstić information content (AvgIpc) is 2.67. The van der Waals surface area contributed by atoms with E-state index in [2.05, 4.69) is 6.92 Å². The van der Waals surface area contributed by atoms with Gasteiger partial charge in [-0.25, -0.2) is 0 Å². The number of carbonyl (C=O) groups is 1. The molecule has 2 saturated carbocycles. The van der Waals surface area contributed by atoms with E-state index in [0.717, 1.165) is 44.4 Å². The minimum Gasteiger partial charge on any atom is -0.462 e. The second-order valence-electron chi connectivity index (χ2n) is 8.17. The summed E-state index contributed by atoms with van der Waals surface area (Å²) in [5.41, 5.74) is 0. The molecular formula is C22H34FNO2. The maximum absolute atomic E-state index is 13.0. The van der Waals surface area contributed by atoms with Crippen LogP contribution in [-0.2, 0) is 9.53 Å². The number of allylic oxidation sites excluding steroid dienone is 2. The molecule has 2 fully saturated rings. The topological polar surface area (TPSA) is 50.1 Å². The number of halogens is 1. The lowest BCUT2D eigenvalue weighted by Gasteiger charge is -2.31. The summed E-state index contributed by atoms with van der Waals surface area (Å²) < 4.78 is 18.8. The van der Waals surface area contributed by atoms with Crippen LogP contribution >= 0.6 is 0 Å². The van der Waals surface area contributed by atoms with Gasteiger partial charge in [0.1, 0.15) is 12.2 Å². The van der Waals surface area contributed by atoms with E-state index in [1.54, 1.807) is 0 Å². The van der Waals surface area contributed by atoms with Crippen molar-refractivity contribution < 1.29 is 13.9 Å². The molecular weight excluding hydrogens is 329 g/mol. The van der Waals surface area contributed by atoms with Gasteiger partial charge in [0.25, 0.3) is 0 Å². The van der Waals surface area contributed by atoms with Crippen LogP contribution in [-0.4, -0.2) is 12.1 Å². The smallest absolute Gasteiger partial charge is 0.309 e. The molecule has 0 unspecified atom stereocenters. The van der Waals surface area contributed by atoms with E-state index in [-0.39, 0.29) is 23.9 Å². The monoisotopic (exact) mass is 363 g/mol. The highest BCUT2D eigenvalue weighted by atomic mass is 19.1. The highest BCUT2D eigenvalue weighted by Gasteiger charge is 2.30. The SMILES string of the molecule is CCCCCCC1CCC(OC(=O)C2CCC(/C=C(/F)C#N)CC2)CC1. The van der Waals surface area contributed by atoms with Crippen molar-refractivity contribution in [2.75, 3.05) is 0 Å². The van der Waals surface area contributed by atoms with Gasteiger partial charge in [-0.1, -0.05) is 39.0 Å². The zero-order chi connectivity index (χ0) is 18.8. The second kappa shape index (κ2) is 11.4. The van der Waals surface area contributed by atoms with Gasteiger partial charge in [0.15, 0.2) is 5.83 Å². The molecule has 4 heteroatoms. The Kier molecular flexibility index (Phi) is 9.15. The minimum atomic E-state index is -0.706. The summed E-state index contributed by atoms with van der Waals surface area (Å²) in [6.45, 7) is 2.24. The maximum atomic E-state index is 13.0. The second-order valence-corrected chi connectivity index (χ2v) is 8.17. The molecule has 0 atom stereocenters. The number of nitrogens with zero attached hydrogens (tertiary/aromatic N) is 1. The van der Waals surface area contributed by atoms with Crippen molar-refractivity contribution in [1.29, 1.82) is 5.26 Å². The van der Waals surface area contributed by atoms with Crippen molar-refractivity contribution in [3.63, 3.8) is 0 Å². The number of hydrogen-bond acceptors (Lipinski definition) is 3. The molecule has 2 rings (SSSR count). The molecule has 2 aliphatic carbocycles. The van der Waals surface area contributed by atoms with Gasteiger partial charge in [-0.05, 0) is 69.3 Å². The molecule has 0 bridgehead atoms. The summed E-state index contributed by atoms with van der Waals surface area (Å²) in [6, 6.07) is 1.53. The predicted octanol–water partition coefficient (Wildman–Crippen LogP) is 6.24. The van der Waals surface area contributed by atoms with Crippen LogP contribution in [0.1, 0.15) is 90.4 Å². The first-order valence-corrected chi connectivity index (χ1v) is 10.6. The summed E-state index contributed by atoms with van der Waals surface area (Å²) in [6.07, 6.45) is 15.6. The van der Waals surface area contributed by atoms with E-state index in [9.17, 15) is 9.18 Å². The zero-order valence-electron chi connectivity index (χ0n) is 16.2. The van der Waals surface area contributed by atoms with Crippen LogP contribution in [0, 0.1) is 29.1 Å². The summed E-state index contributed by atoms with van der Waals surface area (Å²) in [7, 11) is 0. The van der Waals surface area contributed by atoms with E-state index in [1.807, 2.05) is 0 Å². The largest absolute Gasteiger partial charge is 0.462 e. The third-order valence-corrected chi connectivity index (χ3v) is 6.14. The van der Waals surface area contributed by atoms with Crippen molar-refractivity contribution in [2.45, 2.75) is 96.5 Å². The Morgan fingerprint density at radius 3 is 2.38 bits per heavy atom. The molecule has 0 aromatic heterocycles. The third-order valence-electron chi connectivity index (χ3n) is 6.14. The van der Waals surface area contributed by atoms with E-state index < -0.39 is 5.83 Å². The standard InChI is InChI=1S/C22H34FNO2/c1-2-3-4-5-6-17-9-13-21(14-10-17)26-22(25)19-11-7-18(8-12-19)15-20(23)16-24/h15,17-19,21H,2-14H2,1H3/b20-15+. The molecule has 0 spiro atoms. The summed E-state index contributed by atoms with van der Waals surface area (Å²) in [5.74, 6) is 0.0968. The van der Waals surface area contributed by atoms with Gasteiger partial charge in [0.05, 0.1) is 5.92 Å². The van der Waals surface area contributed by atoms with E-state index in [1.165, 1.54) is 57.1 Å². The third kappa shape index (κ3) is 7.09. The predicted molar refractivity (Wildman–Crippen MR) is 101 cm³/mol. The Hall–Kier alpha value is -1.37. The molecule has 0 N–H and O–H groups in total. The fourth-order valence-electron chi connectivity index (χ4n) is 4.42. The maximum Gasteiger partial charge on any atom is 0.309 e. The highest BCUT2D eigenvalue weighted by molar-refractivity contribution is 5.72. The fourth-order valence-corrected chi connectivity index (χ4v) is 4.42. The molecule has 3 nitrogen and oxygen atoms in total. The van der Waals surface area contributed by atoms with Crippen molar-refractivity contribution >= 4 is 5.97 Å². The Balaban J connectivity index is 1.63. The van der Waals surface area contributed by atoms with Gasteiger partial charge in [0, 0.05) is 0 Å². The van der Waals surface area contributed by atoms with Crippen LogP contribution in [0.3, 0.4) is 0 Å². The van der Waals surface area contributed by atoms with Gasteiger partial charge in [0.2, 0.25) is 0 Å². The number of ether oxygens (including phenoxy) is 1. The average molecular weight is 364 g/mol. The number of rotatable bonds is 8. The van der Waals surface area contributed by atoms with E-state index in [4.69, 9.17) is 10.00 Å². The Bertz CT molecular complexity index is 495. The van der Waals surface area contributed by atoms with E-state index in [0.29, 0.717) is 0 Å². The highest BCUT2D eigenvalue weighted by Crippen LogP contribution is 2.34. The minimum absolute atomic E-state index is 0.0448. The summed E-state index contributed by atoms with van der Waals surface area (Å²) >= 11 is 0. The quantitative estimate of drug-likeness (QED) is 0.291. The summed E-state index contributed by atoms with van der Waals surface area (Å²) in [5, 5.41) is 8.51. The van der Waals surface area contributed by atoms with Gasteiger partial charge < -0.3 is 4.74 Å². The molecule has 0 amide bonds. The van der Waals surface area contributed by atoms with Crippen molar-refractivity contribution in [3.05, 3.63) is 11.9 Å². The fraction of sp³-hybridized carbons (Fsp3) is 0.818. The van der Waals surface area contributed by atoms with Crippen LogP contribution in [0.2, 0.25) is 0 Å². The normalized spacial score (nSPS) is 29.8. The molecule has 0 saturated heterocycles. The van der Waals surface area contributed by atoms with Gasteiger partial charge in [-0.3, -0.25) is 4.79 Å².